The third-order valence-electron chi connectivity index (χ3n) is 4.33. The fourth-order valence-corrected chi connectivity index (χ4v) is 3.28. The number of nitrogens with one attached hydrogen (secondary N) is 1. The van der Waals surface area contributed by atoms with E-state index in [-0.39, 0.29) is 6.10 Å². The van der Waals surface area contributed by atoms with Gasteiger partial charge in [-0.15, -0.1) is 0 Å². The molecule has 0 aliphatic carbocycles. The standard InChI is InChI=1S/C16H22N2O/c1-17-11-14(13-7-3-4-8-15(13)17)16(19)12-18-9-5-2-6-10-18/h3-4,7-8,11,16,19H,2,5-6,9-10,12H2,1H3/p+1/t16-/m1/s1. The molecule has 3 nitrogen and oxygen atoms in total. The summed E-state index contributed by atoms with van der Waals surface area (Å²) in [5.41, 5.74) is 2.28. The Morgan fingerprint density at radius 3 is 2.74 bits per heavy atom. The van der Waals surface area contributed by atoms with Crippen molar-refractivity contribution in [3.05, 3.63) is 36.0 Å². The van der Waals surface area contributed by atoms with Crippen molar-refractivity contribution in [2.45, 2.75) is 25.4 Å². The van der Waals surface area contributed by atoms with Crippen molar-refractivity contribution in [1.29, 1.82) is 0 Å². The molecule has 3 rings (SSSR count). The fourth-order valence-electron chi connectivity index (χ4n) is 3.28. The lowest BCUT2D eigenvalue weighted by atomic mass is 10.1. The predicted octanol–water partition coefficient (Wildman–Crippen LogP) is 1.28. The van der Waals surface area contributed by atoms with Gasteiger partial charge < -0.3 is 14.6 Å². The van der Waals surface area contributed by atoms with Crippen LogP contribution in [0.4, 0.5) is 0 Å². The number of fused-ring (bicyclic) bond motifs is 1. The van der Waals surface area contributed by atoms with Crippen LogP contribution in [0.15, 0.2) is 30.5 Å². The van der Waals surface area contributed by atoms with E-state index in [1.165, 1.54) is 43.3 Å². The third kappa shape index (κ3) is 2.53. The molecule has 0 bridgehead atoms. The maximum absolute atomic E-state index is 10.5. The van der Waals surface area contributed by atoms with Crippen LogP contribution in [0.2, 0.25) is 0 Å². The third-order valence-corrected chi connectivity index (χ3v) is 4.33. The Kier molecular flexibility index (Phi) is 3.58. The number of benzene rings is 1. The molecule has 1 fully saturated rings. The van der Waals surface area contributed by atoms with E-state index in [4.69, 9.17) is 0 Å². The van der Waals surface area contributed by atoms with Crippen molar-refractivity contribution in [3.8, 4) is 0 Å². The van der Waals surface area contributed by atoms with Crippen LogP contribution in [0, 0.1) is 0 Å². The van der Waals surface area contributed by atoms with Gasteiger partial charge in [-0.3, -0.25) is 0 Å². The van der Waals surface area contributed by atoms with E-state index in [9.17, 15) is 5.11 Å². The monoisotopic (exact) mass is 259 g/mol. The van der Waals surface area contributed by atoms with Crippen molar-refractivity contribution in [2.24, 2.45) is 7.05 Å². The highest BCUT2D eigenvalue weighted by atomic mass is 16.3. The van der Waals surface area contributed by atoms with Gasteiger partial charge in [0.1, 0.15) is 12.6 Å². The van der Waals surface area contributed by atoms with E-state index in [2.05, 4.69) is 22.9 Å². The summed E-state index contributed by atoms with van der Waals surface area (Å²) in [4.78, 5) is 1.55. The van der Waals surface area contributed by atoms with Crippen molar-refractivity contribution in [2.75, 3.05) is 19.6 Å². The minimum atomic E-state index is -0.348. The van der Waals surface area contributed by atoms with Gasteiger partial charge in [-0.2, -0.15) is 0 Å². The molecule has 2 aromatic rings. The van der Waals surface area contributed by atoms with Crippen LogP contribution in [0.1, 0.15) is 30.9 Å². The lowest BCUT2D eigenvalue weighted by molar-refractivity contribution is -0.908. The Bertz CT molecular complexity index is 555. The molecule has 0 amide bonds. The zero-order chi connectivity index (χ0) is 13.2. The van der Waals surface area contributed by atoms with E-state index >= 15 is 0 Å². The molecule has 1 saturated heterocycles. The topological polar surface area (TPSA) is 29.6 Å². The molecule has 0 radical (unpaired) electrons. The van der Waals surface area contributed by atoms with Gasteiger partial charge in [0.15, 0.2) is 0 Å². The maximum Gasteiger partial charge on any atom is 0.130 e. The summed E-state index contributed by atoms with van der Waals surface area (Å²) in [7, 11) is 2.05. The van der Waals surface area contributed by atoms with Gasteiger partial charge in [0.05, 0.1) is 13.1 Å². The number of rotatable bonds is 3. The smallest absolute Gasteiger partial charge is 0.130 e. The maximum atomic E-state index is 10.5. The Morgan fingerprint density at radius 1 is 1.21 bits per heavy atom. The van der Waals surface area contributed by atoms with Gasteiger partial charge >= 0.3 is 0 Å². The first-order valence-corrected chi connectivity index (χ1v) is 7.31. The highest BCUT2D eigenvalue weighted by molar-refractivity contribution is 5.84. The minimum Gasteiger partial charge on any atom is -0.382 e. The first-order chi connectivity index (χ1) is 9.25. The zero-order valence-corrected chi connectivity index (χ0v) is 11.6. The quantitative estimate of drug-likeness (QED) is 0.854. The Labute approximate surface area is 114 Å². The van der Waals surface area contributed by atoms with Crippen LogP contribution in [0.25, 0.3) is 10.9 Å². The predicted molar refractivity (Wildman–Crippen MR) is 77.3 cm³/mol. The summed E-state index contributed by atoms with van der Waals surface area (Å²) in [6.07, 6.45) is 5.70. The number of piperidine rings is 1. The number of aliphatic hydroxyl groups is 1. The number of aryl methyl sites for hydroxylation is 1. The second kappa shape index (κ2) is 5.35. The SMILES string of the molecule is Cn1cc([C@H](O)C[NH+]2CCCCC2)c2ccccc21. The van der Waals surface area contributed by atoms with E-state index in [1.807, 2.05) is 19.2 Å². The molecule has 0 unspecified atom stereocenters. The van der Waals surface area contributed by atoms with Gasteiger partial charge in [-0.1, -0.05) is 18.2 Å². The van der Waals surface area contributed by atoms with Gasteiger partial charge in [-0.25, -0.2) is 0 Å². The number of aliphatic hydroxyl groups excluding tert-OH is 1. The second-order valence-electron chi connectivity index (χ2n) is 5.74. The molecule has 0 saturated carbocycles. The summed E-state index contributed by atoms with van der Waals surface area (Å²) in [5.74, 6) is 0. The van der Waals surface area contributed by atoms with E-state index in [0.29, 0.717) is 0 Å². The Balaban J connectivity index is 1.82. The summed E-state index contributed by atoms with van der Waals surface area (Å²) < 4.78 is 2.11. The number of hydrogen-bond acceptors (Lipinski definition) is 1. The van der Waals surface area contributed by atoms with Crippen molar-refractivity contribution < 1.29 is 10.0 Å². The molecule has 2 N–H and O–H groups in total. The molecule has 1 aromatic carbocycles. The normalized spacial score (nSPS) is 18.8. The van der Waals surface area contributed by atoms with Crippen LogP contribution < -0.4 is 4.90 Å². The number of likely N-dealkylation sites (tertiary alicyclic amines) is 1. The average Bonchev–Trinajstić information content (AvgIpc) is 2.78. The number of para-hydroxylation sites is 1. The number of hydrogen-bond donors (Lipinski definition) is 2. The highest BCUT2D eigenvalue weighted by Crippen LogP contribution is 2.25. The second-order valence-corrected chi connectivity index (χ2v) is 5.74. The highest BCUT2D eigenvalue weighted by Gasteiger charge is 2.21. The van der Waals surface area contributed by atoms with E-state index in [0.717, 1.165) is 12.1 Å². The molecular weight excluding hydrogens is 236 g/mol. The van der Waals surface area contributed by atoms with Gasteiger partial charge in [0.25, 0.3) is 0 Å². The van der Waals surface area contributed by atoms with Gasteiger partial charge in [-0.05, 0) is 25.3 Å². The lowest BCUT2D eigenvalue weighted by Crippen LogP contribution is -3.13. The molecule has 19 heavy (non-hydrogen) atoms. The lowest BCUT2D eigenvalue weighted by Gasteiger charge is -2.25. The van der Waals surface area contributed by atoms with Crippen LogP contribution in [0.3, 0.4) is 0 Å². The molecule has 1 aromatic heterocycles. The molecule has 3 heteroatoms. The summed E-state index contributed by atoms with van der Waals surface area (Å²) >= 11 is 0. The first kappa shape index (κ1) is 12.7. The van der Waals surface area contributed by atoms with Crippen LogP contribution in [-0.2, 0) is 7.05 Å². The number of nitrogens with zero attached hydrogens (tertiary/aromatic N) is 1. The fraction of sp³-hybridized carbons (Fsp3) is 0.500. The Hall–Kier alpha value is -1.32. The molecule has 1 aliphatic heterocycles. The molecule has 0 spiro atoms. The number of aromatic nitrogens is 1. The first-order valence-electron chi connectivity index (χ1n) is 7.31. The Morgan fingerprint density at radius 2 is 1.95 bits per heavy atom. The molecular formula is C16H23N2O+. The molecule has 2 heterocycles. The summed E-state index contributed by atoms with van der Waals surface area (Å²) in [5, 5.41) is 11.7. The molecule has 1 atom stereocenters. The minimum absolute atomic E-state index is 0.348. The van der Waals surface area contributed by atoms with Gasteiger partial charge in [0, 0.05) is 29.7 Å². The van der Waals surface area contributed by atoms with Crippen LogP contribution in [0.5, 0.6) is 0 Å². The summed E-state index contributed by atoms with van der Waals surface area (Å²) in [6, 6.07) is 8.32. The summed E-state index contributed by atoms with van der Waals surface area (Å²) in [6.45, 7) is 3.26. The van der Waals surface area contributed by atoms with Crippen molar-refractivity contribution in [3.63, 3.8) is 0 Å². The van der Waals surface area contributed by atoms with Crippen LogP contribution in [-0.4, -0.2) is 29.3 Å². The van der Waals surface area contributed by atoms with Crippen LogP contribution >= 0.6 is 0 Å². The molecule has 102 valence electrons. The van der Waals surface area contributed by atoms with E-state index in [1.54, 1.807) is 4.90 Å². The van der Waals surface area contributed by atoms with Crippen molar-refractivity contribution in [1.82, 2.24) is 4.57 Å². The van der Waals surface area contributed by atoms with Gasteiger partial charge in [0.2, 0.25) is 0 Å². The molecule has 1 aliphatic rings. The number of quaternary nitrogens is 1. The zero-order valence-electron chi connectivity index (χ0n) is 11.6. The van der Waals surface area contributed by atoms with E-state index < -0.39 is 0 Å². The largest absolute Gasteiger partial charge is 0.382 e. The van der Waals surface area contributed by atoms with Crippen molar-refractivity contribution >= 4 is 10.9 Å². The average molecular weight is 259 g/mol.